The van der Waals surface area contributed by atoms with Crippen molar-refractivity contribution >= 4 is 52.3 Å². The van der Waals surface area contributed by atoms with Crippen molar-refractivity contribution in [3.05, 3.63) is 34.9 Å². The fourth-order valence-corrected chi connectivity index (χ4v) is 3.41. The first-order valence-electron chi connectivity index (χ1n) is 7.19. The molecule has 1 saturated heterocycles. The van der Waals surface area contributed by atoms with Crippen LogP contribution in [0.2, 0.25) is 5.02 Å². The second-order valence-corrected chi connectivity index (χ2v) is 8.44. The van der Waals surface area contributed by atoms with Crippen LogP contribution in [0.4, 0.5) is 0 Å². The minimum atomic E-state index is -1.68. The third-order valence-electron chi connectivity index (χ3n) is 3.48. The molecule has 1 aliphatic heterocycles. The lowest BCUT2D eigenvalue weighted by Gasteiger charge is -2.42. The Bertz CT molecular complexity index is 555. The molecule has 2 rings (SSSR count). The monoisotopic (exact) mass is 398 g/mol. The summed E-state index contributed by atoms with van der Waals surface area (Å²) in [7, 11) is 0. The standard InChI is InChI=1S/C15H18Cl4N2O2/c1-9-7-21(8-10(2)23-9)14(15(17,18)19)20-13(22)11-4-3-5-12(16)6-11/h3-6,9-10,14H,7-8H2,1-2H3,(H,20,22)/t9-,10+,14-/m1/s1. The number of amides is 1. The summed E-state index contributed by atoms with van der Waals surface area (Å²) in [5, 5.41) is 3.26. The number of alkyl halides is 3. The van der Waals surface area contributed by atoms with Crippen LogP contribution in [0.3, 0.4) is 0 Å². The third kappa shape index (κ3) is 5.38. The molecular weight excluding hydrogens is 382 g/mol. The SMILES string of the molecule is C[C@@H]1CN([C@@H](NC(=O)c2cccc(Cl)c2)C(Cl)(Cl)Cl)C[C@H](C)O1. The number of nitrogens with one attached hydrogen (secondary N) is 1. The lowest BCUT2D eigenvalue weighted by molar-refractivity contribution is -0.0826. The van der Waals surface area contributed by atoms with Gasteiger partial charge in [0.15, 0.2) is 0 Å². The average molecular weight is 400 g/mol. The molecule has 3 atom stereocenters. The van der Waals surface area contributed by atoms with E-state index in [1.807, 2.05) is 18.7 Å². The molecule has 1 aromatic rings. The lowest BCUT2D eigenvalue weighted by atomic mass is 10.2. The van der Waals surface area contributed by atoms with Crippen LogP contribution in [0.25, 0.3) is 0 Å². The molecule has 23 heavy (non-hydrogen) atoms. The highest BCUT2D eigenvalue weighted by Crippen LogP contribution is 2.33. The van der Waals surface area contributed by atoms with Crippen molar-refractivity contribution in [3.8, 4) is 0 Å². The number of halogens is 4. The van der Waals surface area contributed by atoms with E-state index in [0.717, 1.165) is 0 Å². The van der Waals surface area contributed by atoms with Crippen molar-refractivity contribution in [1.29, 1.82) is 0 Å². The van der Waals surface area contributed by atoms with E-state index in [2.05, 4.69) is 5.32 Å². The summed E-state index contributed by atoms with van der Waals surface area (Å²) in [6, 6.07) is 6.61. The van der Waals surface area contributed by atoms with Crippen molar-refractivity contribution in [2.45, 2.75) is 36.0 Å². The Morgan fingerprint density at radius 1 is 1.30 bits per heavy atom. The molecule has 1 aromatic carbocycles. The molecule has 128 valence electrons. The third-order valence-corrected chi connectivity index (χ3v) is 4.33. The quantitative estimate of drug-likeness (QED) is 0.784. The number of ether oxygens (including phenoxy) is 1. The van der Waals surface area contributed by atoms with Gasteiger partial charge in [0.05, 0.1) is 12.2 Å². The molecule has 1 heterocycles. The summed E-state index contributed by atoms with van der Waals surface area (Å²) in [6.45, 7) is 4.99. The zero-order valence-corrected chi connectivity index (χ0v) is 15.8. The second kappa shape index (κ2) is 7.77. The van der Waals surface area contributed by atoms with Gasteiger partial charge in [0.2, 0.25) is 3.79 Å². The number of nitrogens with zero attached hydrogens (tertiary/aromatic N) is 1. The van der Waals surface area contributed by atoms with Gasteiger partial charge in [-0.25, -0.2) is 0 Å². The molecule has 8 heteroatoms. The average Bonchev–Trinajstić information content (AvgIpc) is 2.42. The number of carbonyl (C=O) groups is 1. The molecule has 1 aliphatic rings. The van der Waals surface area contributed by atoms with E-state index >= 15 is 0 Å². The van der Waals surface area contributed by atoms with Crippen molar-refractivity contribution in [2.75, 3.05) is 13.1 Å². The first-order chi connectivity index (χ1) is 10.7. The number of hydrogen-bond acceptors (Lipinski definition) is 3. The highest BCUT2D eigenvalue weighted by atomic mass is 35.6. The van der Waals surface area contributed by atoms with Crippen LogP contribution in [0.15, 0.2) is 24.3 Å². The van der Waals surface area contributed by atoms with Gasteiger partial charge in [-0.3, -0.25) is 9.69 Å². The Hall–Kier alpha value is -0.230. The van der Waals surface area contributed by atoms with Crippen LogP contribution in [0, 0.1) is 0 Å². The van der Waals surface area contributed by atoms with Crippen LogP contribution < -0.4 is 5.32 Å². The van der Waals surface area contributed by atoms with Crippen LogP contribution in [-0.2, 0) is 4.74 Å². The number of rotatable bonds is 3. The topological polar surface area (TPSA) is 41.6 Å². The predicted molar refractivity (Wildman–Crippen MR) is 94.6 cm³/mol. The Labute approximate surface area is 156 Å². The molecule has 1 amide bonds. The van der Waals surface area contributed by atoms with Crippen molar-refractivity contribution in [3.63, 3.8) is 0 Å². The lowest BCUT2D eigenvalue weighted by Crippen LogP contribution is -2.60. The van der Waals surface area contributed by atoms with Crippen molar-refractivity contribution < 1.29 is 9.53 Å². The number of benzene rings is 1. The van der Waals surface area contributed by atoms with Gasteiger partial charge >= 0.3 is 0 Å². The molecule has 0 saturated carbocycles. The van der Waals surface area contributed by atoms with Crippen LogP contribution >= 0.6 is 46.4 Å². The zero-order chi connectivity index (χ0) is 17.2. The summed E-state index contributed by atoms with van der Waals surface area (Å²) in [6.07, 6.45) is -0.805. The summed E-state index contributed by atoms with van der Waals surface area (Å²) in [5.41, 5.74) is 0.408. The van der Waals surface area contributed by atoms with Gasteiger partial charge in [-0.2, -0.15) is 0 Å². The molecule has 0 unspecified atom stereocenters. The van der Waals surface area contributed by atoms with E-state index in [9.17, 15) is 4.79 Å². The van der Waals surface area contributed by atoms with E-state index in [1.54, 1.807) is 24.3 Å². The summed E-state index contributed by atoms with van der Waals surface area (Å²) in [4.78, 5) is 14.4. The molecule has 0 bridgehead atoms. The van der Waals surface area contributed by atoms with Crippen LogP contribution in [0.1, 0.15) is 24.2 Å². The second-order valence-electron chi connectivity index (χ2n) is 5.64. The van der Waals surface area contributed by atoms with E-state index < -0.39 is 9.96 Å². The largest absolute Gasteiger partial charge is 0.373 e. The number of carbonyl (C=O) groups excluding carboxylic acids is 1. The minimum absolute atomic E-state index is 0.0170. The Balaban J connectivity index is 2.17. The smallest absolute Gasteiger partial charge is 0.252 e. The van der Waals surface area contributed by atoms with Gasteiger partial charge in [0.25, 0.3) is 5.91 Å². The normalized spacial score (nSPS) is 24.3. The zero-order valence-electron chi connectivity index (χ0n) is 12.7. The van der Waals surface area contributed by atoms with Gasteiger partial charge in [0, 0.05) is 23.7 Å². The fraction of sp³-hybridized carbons (Fsp3) is 0.533. The van der Waals surface area contributed by atoms with Gasteiger partial charge in [-0.1, -0.05) is 52.5 Å². The number of hydrogen-bond donors (Lipinski definition) is 1. The highest BCUT2D eigenvalue weighted by Gasteiger charge is 2.41. The van der Waals surface area contributed by atoms with E-state index in [4.69, 9.17) is 51.1 Å². The maximum absolute atomic E-state index is 12.5. The van der Waals surface area contributed by atoms with Gasteiger partial charge in [-0.15, -0.1) is 0 Å². The fourth-order valence-electron chi connectivity index (χ4n) is 2.65. The molecular formula is C15H18Cl4N2O2. The van der Waals surface area contributed by atoms with Crippen LogP contribution in [0.5, 0.6) is 0 Å². The molecule has 4 nitrogen and oxygen atoms in total. The van der Waals surface area contributed by atoms with E-state index in [0.29, 0.717) is 23.7 Å². The first kappa shape index (κ1) is 19.1. The van der Waals surface area contributed by atoms with Gasteiger partial charge < -0.3 is 10.1 Å². The molecule has 0 aromatic heterocycles. The van der Waals surface area contributed by atoms with Crippen molar-refractivity contribution in [1.82, 2.24) is 10.2 Å². The van der Waals surface area contributed by atoms with Gasteiger partial charge in [0.1, 0.15) is 6.17 Å². The Morgan fingerprint density at radius 3 is 2.43 bits per heavy atom. The summed E-state index contributed by atoms with van der Waals surface area (Å²) >= 11 is 24.2. The molecule has 0 spiro atoms. The first-order valence-corrected chi connectivity index (χ1v) is 8.70. The summed E-state index contributed by atoms with van der Waals surface area (Å²) in [5.74, 6) is -0.351. The van der Waals surface area contributed by atoms with Crippen LogP contribution in [-0.4, -0.2) is 46.1 Å². The minimum Gasteiger partial charge on any atom is -0.373 e. The van der Waals surface area contributed by atoms with Crippen molar-refractivity contribution in [2.24, 2.45) is 0 Å². The Kier molecular flexibility index (Phi) is 6.45. The molecule has 1 fully saturated rings. The van der Waals surface area contributed by atoms with E-state index in [1.165, 1.54) is 0 Å². The summed E-state index contributed by atoms with van der Waals surface area (Å²) < 4.78 is 4.01. The maximum Gasteiger partial charge on any atom is 0.252 e. The maximum atomic E-state index is 12.5. The molecule has 0 aliphatic carbocycles. The highest BCUT2D eigenvalue weighted by molar-refractivity contribution is 6.68. The van der Waals surface area contributed by atoms with Gasteiger partial charge in [-0.05, 0) is 32.0 Å². The molecule has 0 radical (unpaired) electrons. The Morgan fingerprint density at radius 2 is 1.91 bits per heavy atom. The molecule has 1 N–H and O–H groups in total. The predicted octanol–water partition coefficient (Wildman–Crippen LogP) is 3.88. The number of morpholine rings is 1. The van der Waals surface area contributed by atoms with E-state index in [-0.39, 0.29) is 18.1 Å².